The summed E-state index contributed by atoms with van der Waals surface area (Å²) in [5, 5.41) is 0. The van der Waals surface area contributed by atoms with Gasteiger partial charge < -0.3 is 9.64 Å². The number of piperazine rings is 1. The van der Waals surface area contributed by atoms with Gasteiger partial charge in [0.15, 0.2) is 0 Å². The molecule has 2 heterocycles. The van der Waals surface area contributed by atoms with Gasteiger partial charge in [0.25, 0.3) is 0 Å². The monoisotopic (exact) mass is 412 g/mol. The van der Waals surface area contributed by atoms with Crippen LogP contribution in [0.2, 0.25) is 4.34 Å². The summed E-state index contributed by atoms with van der Waals surface area (Å²) in [7, 11) is 0. The zero-order valence-electron chi connectivity index (χ0n) is 14.5. The van der Waals surface area contributed by atoms with Crippen molar-refractivity contribution in [3.05, 3.63) is 57.3 Å². The second-order valence-electron chi connectivity index (χ2n) is 6.06. The minimum Gasteiger partial charge on any atom is -0.434 e. The van der Waals surface area contributed by atoms with Crippen LogP contribution in [0.1, 0.15) is 10.4 Å². The van der Waals surface area contributed by atoms with Crippen LogP contribution in [0.15, 0.2) is 42.5 Å². The fraction of sp³-hybridized carbons (Fsp3) is 0.316. The van der Waals surface area contributed by atoms with Gasteiger partial charge in [-0.25, -0.2) is 0 Å². The number of carbonyl (C=O) groups is 1. The minimum atomic E-state index is -2.90. The molecule has 27 heavy (non-hydrogen) atoms. The number of halogens is 3. The molecule has 0 atom stereocenters. The Morgan fingerprint density at radius 3 is 2.59 bits per heavy atom. The normalized spacial score (nSPS) is 15.6. The number of amides is 1. The number of ether oxygens (including phenoxy) is 1. The Balaban J connectivity index is 1.53. The third kappa shape index (κ3) is 5.76. The molecule has 144 valence electrons. The van der Waals surface area contributed by atoms with Crippen molar-refractivity contribution >= 4 is 34.9 Å². The summed E-state index contributed by atoms with van der Waals surface area (Å²) in [6, 6.07) is 10.3. The van der Waals surface area contributed by atoms with Gasteiger partial charge in [0, 0.05) is 49.2 Å². The van der Waals surface area contributed by atoms with Gasteiger partial charge in [-0.2, -0.15) is 8.78 Å². The first-order chi connectivity index (χ1) is 13.0. The van der Waals surface area contributed by atoms with Crippen LogP contribution in [0.4, 0.5) is 8.78 Å². The Morgan fingerprint density at radius 1 is 1.19 bits per heavy atom. The summed E-state index contributed by atoms with van der Waals surface area (Å²) in [6.07, 6.45) is 2.92. The molecule has 1 amide bonds. The van der Waals surface area contributed by atoms with Crippen molar-refractivity contribution in [2.75, 3.05) is 26.2 Å². The summed E-state index contributed by atoms with van der Waals surface area (Å²) in [5.74, 6) is -0.0864. The predicted octanol–water partition coefficient (Wildman–Crippen LogP) is 4.36. The number of para-hydroxylation sites is 1. The van der Waals surface area contributed by atoms with Crippen LogP contribution in [0.3, 0.4) is 0 Å². The van der Waals surface area contributed by atoms with Gasteiger partial charge in [0.05, 0.1) is 4.34 Å². The highest BCUT2D eigenvalue weighted by atomic mass is 35.5. The van der Waals surface area contributed by atoms with Crippen LogP contribution in [0.5, 0.6) is 5.75 Å². The standard InChI is InChI=1S/C19H19ClF2N2O2S/c20-17-7-6-15(27-17)13-23-9-11-24(12-10-23)18(25)8-5-14-3-1-2-4-16(14)26-19(21)22/h1-8,19H,9-13H2. The smallest absolute Gasteiger partial charge is 0.387 e. The number of carbonyl (C=O) groups excluding carboxylic acids is 1. The second kappa shape index (κ2) is 9.30. The largest absolute Gasteiger partial charge is 0.434 e. The first kappa shape index (κ1) is 19.8. The molecule has 0 bridgehead atoms. The molecule has 1 fully saturated rings. The first-order valence-electron chi connectivity index (χ1n) is 8.48. The number of nitrogens with zero attached hydrogens (tertiary/aromatic N) is 2. The Labute approximate surface area is 165 Å². The van der Waals surface area contributed by atoms with Crippen molar-refractivity contribution in [2.45, 2.75) is 13.2 Å². The molecular weight excluding hydrogens is 394 g/mol. The van der Waals surface area contributed by atoms with Gasteiger partial charge in [-0.05, 0) is 24.3 Å². The maximum Gasteiger partial charge on any atom is 0.387 e. The average Bonchev–Trinajstić information content (AvgIpc) is 3.05. The average molecular weight is 413 g/mol. The maximum atomic E-state index is 12.5. The Bertz CT molecular complexity index is 805. The molecule has 3 rings (SSSR count). The first-order valence-corrected chi connectivity index (χ1v) is 9.68. The molecule has 4 nitrogen and oxygen atoms in total. The van der Waals surface area contributed by atoms with Crippen molar-refractivity contribution < 1.29 is 18.3 Å². The van der Waals surface area contributed by atoms with E-state index in [1.54, 1.807) is 34.4 Å². The molecule has 1 aromatic heterocycles. The molecule has 1 aliphatic rings. The van der Waals surface area contributed by atoms with Gasteiger partial charge in [-0.1, -0.05) is 29.8 Å². The third-order valence-electron chi connectivity index (χ3n) is 4.23. The molecule has 2 aromatic rings. The molecule has 0 aliphatic carbocycles. The van der Waals surface area contributed by atoms with Crippen LogP contribution in [-0.4, -0.2) is 48.5 Å². The third-order valence-corrected chi connectivity index (χ3v) is 5.45. The van der Waals surface area contributed by atoms with Crippen molar-refractivity contribution in [1.29, 1.82) is 0 Å². The van der Waals surface area contributed by atoms with E-state index in [9.17, 15) is 13.6 Å². The highest BCUT2D eigenvalue weighted by Gasteiger charge is 2.20. The lowest BCUT2D eigenvalue weighted by molar-refractivity contribution is -0.127. The molecule has 1 aliphatic heterocycles. The minimum absolute atomic E-state index is 0.0518. The van der Waals surface area contributed by atoms with Crippen LogP contribution in [0, 0.1) is 0 Å². The van der Waals surface area contributed by atoms with Crippen LogP contribution in [-0.2, 0) is 11.3 Å². The van der Waals surface area contributed by atoms with E-state index in [1.807, 2.05) is 12.1 Å². The summed E-state index contributed by atoms with van der Waals surface area (Å²) < 4.78 is 30.2. The fourth-order valence-electron chi connectivity index (χ4n) is 2.87. The molecule has 0 N–H and O–H groups in total. The van der Waals surface area contributed by atoms with E-state index in [0.717, 1.165) is 24.0 Å². The summed E-state index contributed by atoms with van der Waals surface area (Å²) in [5.41, 5.74) is 0.444. The van der Waals surface area contributed by atoms with E-state index >= 15 is 0 Å². The summed E-state index contributed by atoms with van der Waals surface area (Å²) in [4.78, 5) is 17.6. The molecule has 0 saturated carbocycles. The maximum absolute atomic E-state index is 12.5. The summed E-state index contributed by atoms with van der Waals surface area (Å²) in [6.45, 7) is 0.727. The number of hydrogen-bond acceptors (Lipinski definition) is 4. The van der Waals surface area contributed by atoms with Crippen molar-refractivity contribution in [3.8, 4) is 5.75 Å². The SMILES string of the molecule is O=C(C=Cc1ccccc1OC(F)F)N1CCN(Cc2ccc(Cl)s2)CC1. The fourth-order valence-corrected chi connectivity index (χ4v) is 4.00. The second-order valence-corrected chi connectivity index (χ2v) is 7.86. The lowest BCUT2D eigenvalue weighted by atomic mass is 10.2. The molecule has 1 aromatic carbocycles. The molecule has 8 heteroatoms. The molecule has 0 unspecified atom stereocenters. The van der Waals surface area contributed by atoms with E-state index in [1.165, 1.54) is 23.1 Å². The van der Waals surface area contributed by atoms with Gasteiger partial charge in [-0.15, -0.1) is 11.3 Å². The van der Waals surface area contributed by atoms with Gasteiger partial charge in [0.2, 0.25) is 5.91 Å². The van der Waals surface area contributed by atoms with Crippen LogP contribution >= 0.6 is 22.9 Å². The van der Waals surface area contributed by atoms with E-state index in [0.29, 0.717) is 18.7 Å². The summed E-state index contributed by atoms with van der Waals surface area (Å²) >= 11 is 7.52. The molecule has 0 spiro atoms. The van der Waals surface area contributed by atoms with Crippen molar-refractivity contribution in [1.82, 2.24) is 9.80 Å². The number of alkyl halides is 2. The van der Waals surface area contributed by atoms with Gasteiger partial charge >= 0.3 is 6.61 Å². The molecular formula is C19H19ClF2N2O2S. The number of hydrogen-bond donors (Lipinski definition) is 0. The highest BCUT2D eigenvalue weighted by Crippen LogP contribution is 2.23. The topological polar surface area (TPSA) is 32.8 Å². The number of rotatable bonds is 6. The van der Waals surface area contributed by atoms with Crippen molar-refractivity contribution in [3.63, 3.8) is 0 Å². The lowest BCUT2D eigenvalue weighted by Gasteiger charge is -2.34. The Kier molecular flexibility index (Phi) is 6.82. The number of benzene rings is 1. The Hall–Kier alpha value is -1.96. The van der Waals surface area contributed by atoms with Crippen molar-refractivity contribution in [2.24, 2.45) is 0 Å². The van der Waals surface area contributed by atoms with E-state index in [4.69, 9.17) is 11.6 Å². The van der Waals surface area contributed by atoms with E-state index < -0.39 is 6.61 Å². The zero-order chi connectivity index (χ0) is 19.2. The van der Waals surface area contributed by atoms with Gasteiger partial charge in [-0.3, -0.25) is 9.69 Å². The molecule has 0 radical (unpaired) electrons. The van der Waals surface area contributed by atoms with Crippen LogP contribution < -0.4 is 4.74 Å². The van der Waals surface area contributed by atoms with E-state index in [-0.39, 0.29) is 11.7 Å². The highest BCUT2D eigenvalue weighted by molar-refractivity contribution is 7.16. The Morgan fingerprint density at radius 2 is 1.93 bits per heavy atom. The quantitative estimate of drug-likeness (QED) is 0.661. The predicted molar refractivity (Wildman–Crippen MR) is 103 cm³/mol. The van der Waals surface area contributed by atoms with Crippen LogP contribution in [0.25, 0.3) is 6.08 Å². The number of thiophene rings is 1. The lowest BCUT2D eigenvalue weighted by Crippen LogP contribution is -2.47. The van der Waals surface area contributed by atoms with E-state index in [2.05, 4.69) is 9.64 Å². The zero-order valence-corrected chi connectivity index (χ0v) is 16.1. The van der Waals surface area contributed by atoms with Gasteiger partial charge in [0.1, 0.15) is 5.75 Å². The molecule has 1 saturated heterocycles.